The molecule has 1 aromatic rings. The molecule has 1 unspecified atom stereocenters. The number of likely N-dealkylation sites (tertiary alicyclic amines) is 2. The lowest BCUT2D eigenvalue weighted by atomic mass is 10.0. The predicted octanol–water partition coefficient (Wildman–Crippen LogP) is 0.716. The van der Waals surface area contributed by atoms with Gasteiger partial charge in [-0.05, 0) is 43.2 Å². The average molecular weight is 544 g/mol. The number of carbonyl (C=O) groups is 5. The first-order chi connectivity index (χ1) is 18.7. The molecule has 1 aromatic carbocycles. The third kappa shape index (κ3) is 7.39. The molecular formula is C27H37N5O7. The van der Waals surface area contributed by atoms with Gasteiger partial charge in [0.2, 0.25) is 23.6 Å². The first-order valence-electron chi connectivity index (χ1n) is 13.5. The Balaban J connectivity index is 1.20. The van der Waals surface area contributed by atoms with Gasteiger partial charge in [0, 0.05) is 44.6 Å². The van der Waals surface area contributed by atoms with Crippen LogP contribution in [0, 0.1) is 5.41 Å². The standard InChI is InChI=1S/C27H37N5O7/c1-27-14-20(25(36)30-18-10-12-31(17-18)23(34)9-11-28-26(37)38)32(21(27)15-27)24(35)16-29-22(33)8-5-13-39-19-6-3-2-4-7-19/h2-4,6-7,18,20-21,28H,5,8-17H2,1H3,(H,29,33)(H,30,36)(H,37,38)/t18?,20-,21-,27+/m0/s1. The van der Waals surface area contributed by atoms with Crippen molar-refractivity contribution in [3.05, 3.63) is 30.3 Å². The van der Waals surface area contributed by atoms with E-state index >= 15 is 0 Å². The molecule has 2 heterocycles. The van der Waals surface area contributed by atoms with Gasteiger partial charge in [-0.2, -0.15) is 0 Å². The fourth-order valence-electron chi connectivity index (χ4n) is 5.49. The number of rotatable bonds is 12. The Morgan fingerprint density at radius 1 is 1.05 bits per heavy atom. The summed E-state index contributed by atoms with van der Waals surface area (Å²) >= 11 is 0. The van der Waals surface area contributed by atoms with Gasteiger partial charge < -0.3 is 35.6 Å². The Morgan fingerprint density at radius 2 is 1.82 bits per heavy atom. The second kappa shape index (κ2) is 12.4. The molecule has 12 nitrogen and oxygen atoms in total. The molecule has 0 bridgehead atoms. The predicted molar refractivity (Wildman–Crippen MR) is 140 cm³/mol. The zero-order valence-electron chi connectivity index (χ0n) is 22.2. The summed E-state index contributed by atoms with van der Waals surface area (Å²) in [6.07, 6.45) is 1.62. The second-order valence-corrected chi connectivity index (χ2v) is 10.8. The van der Waals surface area contributed by atoms with E-state index in [1.54, 1.807) is 9.80 Å². The van der Waals surface area contributed by atoms with Gasteiger partial charge in [0.25, 0.3) is 0 Å². The van der Waals surface area contributed by atoms with E-state index < -0.39 is 12.1 Å². The topological polar surface area (TPSA) is 157 Å². The van der Waals surface area contributed by atoms with E-state index in [1.807, 2.05) is 30.3 Å². The minimum atomic E-state index is -1.18. The van der Waals surface area contributed by atoms with Crippen LogP contribution in [0.25, 0.3) is 0 Å². The Morgan fingerprint density at radius 3 is 2.56 bits per heavy atom. The van der Waals surface area contributed by atoms with Gasteiger partial charge in [0.05, 0.1) is 13.2 Å². The molecule has 3 aliphatic rings. The second-order valence-electron chi connectivity index (χ2n) is 10.8. The molecule has 12 heteroatoms. The molecule has 3 fully saturated rings. The Hall–Kier alpha value is -3.83. The van der Waals surface area contributed by atoms with E-state index in [9.17, 15) is 24.0 Å². The van der Waals surface area contributed by atoms with Crippen molar-refractivity contribution in [2.24, 2.45) is 5.41 Å². The monoisotopic (exact) mass is 543 g/mol. The number of hydrogen-bond acceptors (Lipinski definition) is 6. The van der Waals surface area contributed by atoms with Crippen molar-refractivity contribution in [2.75, 3.05) is 32.8 Å². The molecule has 212 valence electrons. The first kappa shape index (κ1) is 28.2. The lowest BCUT2D eigenvalue weighted by Gasteiger charge is -2.28. The molecule has 4 N–H and O–H groups in total. The Bertz CT molecular complexity index is 1080. The van der Waals surface area contributed by atoms with Crippen LogP contribution in [-0.4, -0.2) is 95.5 Å². The maximum atomic E-state index is 13.2. The van der Waals surface area contributed by atoms with Crippen LogP contribution in [0.3, 0.4) is 0 Å². The molecule has 4 atom stereocenters. The lowest BCUT2D eigenvalue weighted by Crippen LogP contribution is -2.52. The summed E-state index contributed by atoms with van der Waals surface area (Å²) < 4.78 is 5.59. The largest absolute Gasteiger partial charge is 0.494 e. The number of nitrogens with one attached hydrogen (secondary N) is 3. The van der Waals surface area contributed by atoms with E-state index in [0.29, 0.717) is 39.0 Å². The summed E-state index contributed by atoms with van der Waals surface area (Å²) in [5.41, 5.74) is -0.0920. The highest BCUT2D eigenvalue weighted by Gasteiger charge is 2.64. The number of para-hydroxylation sites is 1. The van der Waals surface area contributed by atoms with Crippen LogP contribution in [0.5, 0.6) is 5.75 Å². The maximum absolute atomic E-state index is 13.2. The molecule has 5 amide bonds. The van der Waals surface area contributed by atoms with Gasteiger partial charge in [-0.1, -0.05) is 25.1 Å². The van der Waals surface area contributed by atoms with Crippen LogP contribution < -0.4 is 20.7 Å². The SMILES string of the molecule is C[C@@]12C[C@@H]1N(C(=O)CNC(=O)CCCOc1ccccc1)[C@H](C(=O)NC1CCN(C(=O)CCNC(=O)O)C1)C2. The highest BCUT2D eigenvalue weighted by Crippen LogP contribution is 2.59. The van der Waals surface area contributed by atoms with E-state index in [-0.39, 0.29) is 67.1 Å². The van der Waals surface area contributed by atoms with Gasteiger partial charge in [-0.25, -0.2) is 4.79 Å². The Kier molecular flexibility index (Phi) is 8.93. The van der Waals surface area contributed by atoms with E-state index in [1.165, 1.54) is 0 Å². The summed E-state index contributed by atoms with van der Waals surface area (Å²) in [6.45, 7) is 3.17. The van der Waals surface area contributed by atoms with E-state index in [2.05, 4.69) is 22.9 Å². The van der Waals surface area contributed by atoms with Crippen molar-refractivity contribution in [2.45, 2.75) is 63.6 Å². The number of amides is 5. The molecule has 39 heavy (non-hydrogen) atoms. The van der Waals surface area contributed by atoms with E-state index in [4.69, 9.17) is 9.84 Å². The molecule has 0 spiro atoms. The van der Waals surface area contributed by atoms with Crippen LogP contribution in [0.4, 0.5) is 4.79 Å². The summed E-state index contributed by atoms with van der Waals surface area (Å²) in [4.78, 5) is 64.7. The summed E-state index contributed by atoms with van der Waals surface area (Å²) in [5.74, 6) is -0.191. The minimum Gasteiger partial charge on any atom is -0.494 e. The first-order valence-corrected chi connectivity index (χ1v) is 13.5. The fraction of sp³-hybridized carbons (Fsp3) is 0.593. The highest BCUT2D eigenvalue weighted by atomic mass is 16.5. The number of fused-ring (bicyclic) bond motifs is 1. The molecule has 4 rings (SSSR count). The van der Waals surface area contributed by atoms with Gasteiger partial charge in [0.1, 0.15) is 11.8 Å². The minimum absolute atomic E-state index is 0.0136. The number of carbonyl (C=O) groups excluding carboxylic acids is 4. The fourth-order valence-corrected chi connectivity index (χ4v) is 5.49. The number of piperidine rings is 1. The van der Waals surface area contributed by atoms with Gasteiger partial charge >= 0.3 is 6.09 Å². The molecule has 1 saturated carbocycles. The molecule has 0 aromatic heterocycles. The third-order valence-corrected chi connectivity index (χ3v) is 7.73. The number of ether oxygens (including phenoxy) is 1. The smallest absolute Gasteiger partial charge is 0.404 e. The number of benzene rings is 1. The van der Waals surface area contributed by atoms with Crippen LogP contribution in [0.1, 0.15) is 45.4 Å². The molecule has 2 aliphatic heterocycles. The number of carboxylic acid groups (broad SMARTS) is 1. The molecule has 2 saturated heterocycles. The van der Waals surface area contributed by atoms with Crippen molar-refractivity contribution in [1.29, 1.82) is 0 Å². The van der Waals surface area contributed by atoms with Crippen molar-refractivity contribution in [3.8, 4) is 5.75 Å². The molecule has 1 aliphatic carbocycles. The lowest BCUT2D eigenvalue weighted by molar-refractivity contribution is -0.140. The van der Waals surface area contributed by atoms with Crippen molar-refractivity contribution in [1.82, 2.24) is 25.8 Å². The molecule has 0 radical (unpaired) electrons. The van der Waals surface area contributed by atoms with Gasteiger partial charge in [-0.3, -0.25) is 19.2 Å². The van der Waals surface area contributed by atoms with Crippen molar-refractivity contribution in [3.63, 3.8) is 0 Å². The summed E-state index contributed by atoms with van der Waals surface area (Å²) in [7, 11) is 0. The molecular weight excluding hydrogens is 506 g/mol. The zero-order valence-corrected chi connectivity index (χ0v) is 22.2. The number of hydrogen-bond donors (Lipinski definition) is 4. The van der Waals surface area contributed by atoms with Crippen molar-refractivity contribution >= 4 is 29.7 Å². The van der Waals surface area contributed by atoms with Gasteiger partial charge in [-0.15, -0.1) is 0 Å². The third-order valence-electron chi connectivity index (χ3n) is 7.73. The van der Waals surface area contributed by atoms with E-state index in [0.717, 1.165) is 12.2 Å². The normalized spacial score (nSPS) is 25.0. The quantitative estimate of drug-likeness (QED) is 0.283. The average Bonchev–Trinajstić information content (AvgIpc) is 3.22. The maximum Gasteiger partial charge on any atom is 0.404 e. The highest BCUT2D eigenvalue weighted by molar-refractivity contribution is 5.92. The van der Waals surface area contributed by atoms with Crippen LogP contribution in [0.2, 0.25) is 0 Å². The number of nitrogens with zero attached hydrogens (tertiary/aromatic N) is 2. The van der Waals surface area contributed by atoms with Crippen LogP contribution in [-0.2, 0) is 19.2 Å². The summed E-state index contributed by atoms with van der Waals surface area (Å²) in [5, 5.41) is 16.5. The van der Waals surface area contributed by atoms with Crippen LogP contribution in [0.15, 0.2) is 30.3 Å². The summed E-state index contributed by atoms with van der Waals surface area (Å²) in [6, 6.07) is 8.48. The van der Waals surface area contributed by atoms with Crippen LogP contribution >= 0.6 is 0 Å². The zero-order chi connectivity index (χ0) is 28.0. The Labute approximate surface area is 227 Å². The van der Waals surface area contributed by atoms with Crippen molar-refractivity contribution < 1.29 is 33.8 Å². The van der Waals surface area contributed by atoms with Gasteiger partial charge in [0.15, 0.2) is 0 Å².